The molecule has 1 N–H and O–H groups in total. The molecule has 1 unspecified atom stereocenters. The molecule has 184 valence electrons. The molecule has 4 rings (SSSR count). The quantitative estimate of drug-likeness (QED) is 0.663. The zero-order valence-electron chi connectivity index (χ0n) is 18.8. The minimum absolute atomic E-state index is 0.0647. The van der Waals surface area contributed by atoms with Crippen molar-refractivity contribution in [2.75, 3.05) is 51.3 Å². The number of aliphatic hydroxyl groups excluding tert-OH is 1. The molecule has 0 radical (unpaired) electrons. The Bertz CT molecular complexity index is 1170. The number of piperazine rings is 1. The van der Waals surface area contributed by atoms with Crippen LogP contribution in [0, 0.1) is 5.82 Å². The zero-order chi connectivity index (χ0) is 24.5. The molecule has 2 aromatic carbocycles. The van der Waals surface area contributed by atoms with E-state index in [4.69, 9.17) is 16.3 Å². The van der Waals surface area contributed by atoms with Gasteiger partial charge in [-0.15, -0.1) is 0 Å². The number of hydrogen-bond donors (Lipinski definition) is 1. The maximum Gasteiger partial charge on any atom is 0.255 e. The van der Waals surface area contributed by atoms with E-state index in [1.165, 1.54) is 29.6 Å². The number of carbonyl (C=O) groups excluding carboxylic acids is 1. The van der Waals surface area contributed by atoms with Gasteiger partial charge < -0.3 is 19.6 Å². The molecule has 2 aliphatic heterocycles. The lowest BCUT2D eigenvalue weighted by molar-refractivity contribution is 0.0746. The molecule has 0 aromatic heterocycles. The van der Waals surface area contributed by atoms with Crippen molar-refractivity contribution in [1.29, 1.82) is 0 Å². The van der Waals surface area contributed by atoms with Crippen LogP contribution in [0.2, 0.25) is 5.02 Å². The predicted octanol–water partition coefficient (Wildman–Crippen LogP) is 2.60. The van der Waals surface area contributed by atoms with Gasteiger partial charge in [-0.2, -0.15) is 4.31 Å². The minimum Gasteiger partial charge on any atom is -0.495 e. The summed E-state index contributed by atoms with van der Waals surface area (Å²) in [6.45, 7) is 2.11. The topological polar surface area (TPSA) is 90.4 Å². The average Bonchev–Trinajstić information content (AvgIpc) is 2.83. The molecule has 34 heavy (non-hydrogen) atoms. The van der Waals surface area contributed by atoms with Crippen molar-refractivity contribution in [3.05, 3.63) is 52.8 Å². The maximum absolute atomic E-state index is 13.3. The molecule has 0 bridgehead atoms. The summed E-state index contributed by atoms with van der Waals surface area (Å²) in [7, 11) is -2.25. The lowest BCUT2D eigenvalue weighted by Crippen LogP contribution is -2.49. The fraction of sp³-hybridized carbons (Fsp3) is 0.435. The van der Waals surface area contributed by atoms with Gasteiger partial charge in [0.25, 0.3) is 5.91 Å². The van der Waals surface area contributed by atoms with Crippen LogP contribution < -0.4 is 9.64 Å². The summed E-state index contributed by atoms with van der Waals surface area (Å²) in [6, 6.07) is 8.41. The Morgan fingerprint density at radius 3 is 2.50 bits per heavy atom. The Morgan fingerprint density at radius 1 is 1.12 bits per heavy atom. The van der Waals surface area contributed by atoms with E-state index in [-0.39, 0.29) is 27.9 Å². The number of anilines is 1. The number of hydrogen-bond acceptors (Lipinski definition) is 6. The minimum atomic E-state index is -3.77. The van der Waals surface area contributed by atoms with E-state index in [0.717, 1.165) is 6.07 Å². The summed E-state index contributed by atoms with van der Waals surface area (Å²) in [5.74, 6) is -0.261. The number of rotatable bonds is 5. The summed E-state index contributed by atoms with van der Waals surface area (Å²) < 4.78 is 46.5. The molecule has 1 amide bonds. The van der Waals surface area contributed by atoms with Crippen LogP contribution in [-0.2, 0) is 10.0 Å². The van der Waals surface area contributed by atoms with Gasteiger partial charge in [0, 0.05) is 39.3 Å². The molecule has 11 heteroatoms. The van der Waals surface area contributed by atoms with Crippen LogP contribution in [0.4, 0.5) is 10.1 Å². The Hall–Kier alpha value is -2.40. The number of methoxy groups -OCH3 is 1. The molecule has 2 heterocycles. The monoisotopic (exact) mass is 511 g/mol. The highest BCUT2D eigenvalue weighted by Gasteiger charge is 2.31. The van der Waals surface area contributed by atoms with Crippen molar-refractivity contribution in [1.82, 2.24) is 9.21 Å². The van der Waals surface area contributed by atoms with Gasteiger partial charge in [-0.25, -0.2) is 12.8 Å². The molecule has 2 saturated heterocycles. The number of sulfonamides is 1. The van der Waals surface area contributed by atoms with Crippen molar-refractivity contribution >= 4 is 33.2 Å². The van der Waals surface area contributed by atoms with Crippen LogP contribution in [0.25, 0.3) is 0 Å². The number of benzene rings is 2. The van der Waals surface area contributed by atoms with E-state index < -0.39 is 21.9 Å². The van der Waals surface area contributed by atoms with Crippen LogP contribution >= 0.6 is 11.6 Å². The van der Waals surface area contributed by atoms with Crippen molar-refractivity contribution in [3.63, 3.8) is 0 Å². The molecule has 0 spiro atoms. The second-order valence-corrected chi connectivity index (χ2v) is 10.7. The van der Waals surface area contributed by atoms with Crippen LogP contribution in [0.1, 0.15) is 23.2 Å². The first kappa shape index (κ1) is 24.7. The van der Waals surface area contributed by atoms with E-state index in [0.29, 0.717) is 57.0 Å². The Balaban J connectivity index is 1.52. The SMILES string of the molecule is COc1ccc(S(=O)(=O)N2CCCC(O)C2)cc1N1CCN(C(=O)c2ccc(F)cc2Cl)CC1. The molecule has 8 nitrogen and oxygen atoms in total. The predicted molar refractivity (Wildman–Crippen MR) is 127 cm³/mol. The van der Waals surface area contributed by atoms with E-state index in [1.807, 2.05) is 4.90 Å². The van der Waals surface area contributed by atoms with Gasteiger partial charge in [0.1, 0.15) is 11.6 Å². The normalized spacial score (nSPS) is 19.8. The summed E-state index contributed by atoms with van der Waals surface area (Å²) in [5.41, 5.74) is 0.860. The first-order valence-corrected chi connectivity index (χ1v) is 12.9. The Kier molecular flexibility index (Phi) is 7.32. The van der Waals surface area contributed by atoms with Crippen molar-refractivity contribution in [3.8, 4) is 5.75 Å². The van der Waals surface area contributed by atoms with Crippen molar-refractivity contribution in [2.45, 2.75) is 23.8 Å². The third-order valence-corrected chi connectivity index (χ3v) is 8.39. The highest BCUT2D eigenvalue weighted by Crippen LogP contribution is 2.33. The number of ether oxygens (including phenoxy) is 1. The largest absolute Gasteiger partial charge is 0.495 e. The fourth-order valence-electron chi connectivity index (χ4n) is 4.35. The number of β-amino-alcohol motifs (C(OH)–C–C–N with tert-alkyl or cyclic N) is 1. The second kappa shape index (κ2) is 10.1. The van der Waals surface area contributed by atoms with Crippen LogP contribution in [0.5, 0.6) is 5.75 Å². The zero-order valence-corrected chi connectivity index (χ0v) is 20.4. The van der Waals surface area contributed by atoms with Gasteiger partial charge >= 0.3 is 0 Å². The smallest absolute Gasteiger partial charge is 0.255 e. The molecule has 2 aromatic rings. The van der Waals surface area contributed by atoms with E-state index >= 15 is 0 Å². The Morgan fingerprint density at radius 2 is 1.85 bits per heavy atom. The number of piperidine rings is 1. The number of nitrogens with zero attached hydrogens (tertiary/aromatic N) is 3. The number of aliphatic hydroxyl groups is 1. The maximum atomic E-state index is 13.3. The lowest BCUT2D eigenvalue weighted by atomic mass is 10.1. The average molecular weight is 512 g/mol. The summed E-state index contributed by atoms with van der Waals surface area (Å²) >= 11 is 6.05. The highest BCUT2D eigenvalue weighted by molar-refractivity contribution is 7.89. The summed E-state index contributed by atoms with van der Waals surface area (Å²) in [5, 5.41) is 9.98. The van der Waals surface area contributed by atoms with Gasteiger partial charge in [-0.05, 0) is 49.2 Å². The number of amides is 1. The molecular formula is C23H27ClFN3O5S. The third kappa shape index (κ3) is 5.00. The van der Waals surface area contributed by atoms with Crippen molar-refractivity contribution in [2.24, 2.45) is 0 Å². The van der Waals surface area contributed by atoms with Crippen LogP contribution in [-0.4, -0.2) is 81.1 Å². The van der Waals surface area contributed by atoms with Gasteiger partial charge in [0.05, 0.1) is 34.4 Å². The second-order valence-electron chi connectivity index (χ2n) is 8.40. The molecule has 0 saturated carbocycles. The van der Waals surface area contributed by atoms with Gasteiger partial charge in [0.2, 0.25) is 10.0 Å². The molecule has 1 atom stereocenters. The van der Waals surface area contributed by atoms with Crippen LogP contribution in [0.15, 0.2) is 41.3 Å². The summed E-state index contributed by atoms with van der Waals surface area (Å²) in [6.07, 6.45) is 0.533. The van der Waals surface area contributed by atoms with E-state index in [2.05, 4.69) is 0 Å². The number of carbonyl (C=O) groups is 1. The molecule has 2 fully saturated rings. The lowest BCUT2D eigenvalue weighted by Gasteiger charge is -2.37. The van der Waals surface area contributed by atoms with Gasteiger partial charge in [-0.3, -0.25) is 4.79 Å². The van der Waals surface area contributed by atoms with Crippen LogP contribution in [0.3, 0.4) is 0 Å². The van der Waals surface area contributed by atoms with Gasteiger partial charge in [-0.1, -0.05) is 11.6 Å². The first-order chi connectivity index (χ1) is 16.2. The Labute approximate surface area is 203 Å². The standard InChI is InChI=1S/C23H27ClFN3O5S/c1-33-22-7-5-18(34(31,32)28-8-2-3-17(29)15-28)14-21(22)26-9-11-27(12-10-26)23(30)19-6-4-16(25)13-20(19)24/h4-7,13-14,17,29H,2-3,8-12,15H2,1H3. The van der Waals surface area contributed by atoms with E-state index in [9.17, 15) is 22.7 Å². The first-order valence-electron chi connectivity index (χ1n) is 11.1. The van der Waals surface area contributed by atoms with Gasteiger partial charge in [0.15, 0.2) is 0 Å². The van der Waals surface area contributed by atoms with E-state index in [1.54, 1.807) is 17.0 Å². The molecule has 0 aliphatic carbocycles. The van der Waals surface area contributed by atoms with Crippen molar-refractivity contribution < 1.29 is 27.4 Å². The summed E-state index contributed by atoms with van der Waals surface area (Å²) in [4.78, 5) is 16.6. The third-order valence-electron chi connectivity index (χ3n) is 6.22. The number of halogens is 2. The molecular weight excluding hydrogens is 485 g/mol. The fourth-order valence-corrected chi connectivity index (χ4v) is 6.13. The molecule has 2 aliphatic rings. The highest BCUT2D eigenvalue weighted by atomic mass is 35.5.